The molecule has 0 radical (unpaired) electrons. The molecule has 2 N–H and O–H groups in total. The summed E-state index contributed by atoms with van der Waals surface area (Å²) in [5.41, 5.74) is 1.47. The van der Waals surface area contributed by atoms with Gasteiger partial charge in [-0.1, -0.05) is 18.2 Å². The smallest absolute Gasteiger partial charge is 0.163 e. The van der Waals surface area contributed by atoms with Crippen LogP contribution in [0.2, 0.25) is 0 Å². The van der Waals surface area contributed by atoms with Crippen LogP contribution in [-0.2, 0) is 7.05 Å². The average molecular weight is 299 g/mol. The molecule has 0 aliphatic rings. The second-order valence-electron chi connectivity index (χ2n) is 4.87. The van der Waals surface area contributed by atoms with Crippen LogP contribution >= 0.6 is 0 Å². The molecule has 2 heterocycles. The highest BCUT2D eigenvalue weighted by atomic mass is 16.5. The van der Waals surface area contributed by atoms with Gasteiger partial charge in [-0.2, -0.15) is 5.10 Å². The quantitative estimate of drug-likeness (QED) is 0.743. The van der Waals surface area contributed by atoms with Crippen molar-refractivity contribution in [1.29, 1.82) is 0 Å². The lowest BCUT2D eigenvalue weighted by atomic mass is 10.1. The molecule has 22 heavy (non-hydrogen) atoms. The highest BCUT2D eigenvalue weighted by Gasteiger charge is 2.14. The maximum Gasteiger partial charge on any atom is 0.163 e. The predicted octanol–water partition coefficient (Wildman–Crippen LogP) is 1.52. The predicted molar refractivity (Wildman–Crippen MR) is 82.7 cm³/mol. The highest BCUT2D eigenvalue weighted by molar-refractivity contribution is 5.85. The first-order valence-electron chi connectivity index (χ1n) is 6.88. The molecule has 7 heteroatoms. The Morgan fingerprint density at radius 3 is 2.95 bits per heavy atom. The van der Waals surface area contributed by atoms with Crippen molar-refractivity contribution in [3.8, 4) is 5.75 Å². The molecule has 0 spiro atoms. The Balaban J connectivity index is 1.79. The average Bonchev–Trinajstić information content (AvgIpc) is 2.94. The van der Waals surface area contributed by atoms with Gasteiger partial charge < -0.3 is 15.2 Å². The van der Waals surface area contributed by atoms with Crippen LogP contribution in [0.3, 0.4) is 0 Å². The van der Waals surface area contributed by atoms with Gasteiger partial charge in [0.15, 0.2) is 5.65 Å². The topological polar surface area (TPSA) is 85.1 Å². The number of nitrogens with one attached hydrogen (secondary N) is 1. The van der Waals surface area contributed by atoms with Gasteiger partial charge in [0.05, 0.1) is 24.8 Å². The number of methoxy groups -OCH3 is 1. The minimum Gasteiger partial charge on any atom is -0.496 e. The van der Waals surface area contributed by atoms with Gasteiger partial charge in [-0.25, -0.2) is 9.97 Å². The number of benzene rings is 1. The highest BCUT2D eigenvalue weighted by Crippen LogP contribution is 2.25. The number of aryl methyl sites for hydroxylation is 1. The number of hydrogen-bond donors (Lipinski definition) is 2. The van der Waals surface area contributed by atoms with Gasteiger partial charge in [0, 0.05) is 19.2 Å². The molecule has 0 aliphatic carbocycles. The summed E-state index contributed by atoms with van der Waals surface area (Å²) in [5, 5.41) is 18.5. The van der Waals surface area contributed by atoms with Crippen molar-refractivity contribution in [2.75, 3.05) is 19.0 Å². The zero-order valence-corrected chi connectivity index (χ0v) is 12.4. The van der Waals surface area contributed by atoms with E-state index < -0.39 is 6.10 Å². The number of aromatic nitrogens is 4. The molecule has 0 amide bonds. The van der Waals surface area contributed by atoms with E-state index in [1.165, 1.54) is 6.33 Å². The first-order chi connectivity index (χ1) is 10.7. The summed E-state index contributed by atoms with van der Waals surface area (Å²) in [6.07, 6.45) is 2.47. The van der Waals surface area contributed by atoms with Gasteiger partial charge in [0.25, 0.3) is 0 Å². The zero-order valence-electron chi connectivity index (χ0n) is 12.4. The summed E-state index contributed by atoms with van der Waals surface area (Å²) in [5.74, 6) is 1.30. The lowest BCUT2D eigenvalue weighted by Gasteiger charge is -2.15. The molecular weight excluding hydrogens is 282 g/mol. The zero-order chi connectivity index (χ0) is 15.5. The Hall–Kier alpha value is -2.67. The van der Waals surface area contributed by atoms with Gasteiger partial charge in [0.2, 0.25) is 0 Å². The second-order valence-corrected chi connectivity index (χ2v) is 4.87. The van der Waals surface area contributed by atoms with Gasteiger partial charge >= 0.3 is 0 Å². The monoisotopic (exact) mass is 299 g/mol. The fourth-order valence-corrected chi connectivity index (χ4v) is 2.35. The largest absolute Gasteiger partial charge is 0.496 e. The van der Waals surface area contributed by atoms with Crippen molar-refractivity contribution < 1.29 is 9.84 Å². The van der Waals surface area contributed by atoms with Gasteiger partial charge in [-0.15, -0.1) is 0 Å². The van der Waals surface area contributed by atoms with Crippen LogP contribution in [0.1, 0.15) is 11.7 Å². The summed E-state index contributed by atoms with van der Waals surface area (Å²) in [6.45, 7) is 0.307. The minimum absolute atomic E-state index is 0.307. The summed E-state index contributed by atoms with van der Waals surface area (Å²) in [6, 6.07) is 7.39. The van der Waals surface area contributed by atoms with E-state index in [1.807, 2.05) is 31.3 Å². The lowest BCUT2D eigenvalue weighted by Crippen LogP contribution is -2.14. The maximum atomic E-state index is 10.4. The summed E-state index contributed by atoms with van der Waals surface area (Å²) in [4.78, 5) is 8.39. The SMILES string of the molecule is COc1ccccc1[C@H](O)CNc1ncnc2c1cnn2C. The van der Waals surface area contributed by atoms with Crippen molar-refractivity contribution in [3.05, 3.63) is 42.4 Å². The van der Waals surface area contributed by atoms with Gasteiger partial charge in [-0.05, 0) is 6.07 Å². The fraction of sp³-hybridized carbons (Fsp3) is 0.267. The fourth-order valence-electron chi connectivity index (χ4n) is 2.35. The summed E-state index contributed by atoms with van der Waals surface area (Å²) in [7, 11) is 3.41. The third kappa shape index (κ3) is 2.58. The number of ether oxygens (including phenoxy) is 1. The van der Waals surface area contributed by atoms with Crippen LogP contribution in [0.4, 0.5) is 5.82 Å². The van der Waals surface area contributed by atoms with Crippen molar-refractivity contribution in [3.63, 3.8) is 0 Å². The van der Waals surface area contributed by atoms with E-state index in [9.17, 15) is 5.11 Å². The molecule has 7 nitrogen and oxygen atoms in total. The Labute approximate surface area is 127 Å². The van der Waals surface area contributed by atoms with Crippen molar-refractivity contribution in [1.82, 2.24) is 19.7 Å². The third-order valence-electron chi connectivity index (χ3n) is 3.49. The number of hydrogen-bond acceptors (Lipinski definition) is 6. The number of nitrogens with zero attached hydrogens (tertiary/aromatic N) is 4. The Kier molecular flexibility index (Phi) is 3.88. The van der Waals surface area contributed by atoms with Crippen LogP contribution in [0.25, 0.3) is 11.0 Å². The third-order valence-corrected chi connectivity index (χ3v) is 3.49. The number of fused-ring (bicyclic) bond motifs is 1. The summed E-state index contributed by atoms with van der Waals surface area (Å²) >= 11 is 0. The molecule has 3 rings (SSSR count). The van der Waals surface area contributed by atoms with E-state index in [2.05, 4.69) is 20.4 Å². The first-order valence-corrected chi connectivity index (χ1v) is 6.88. The molecule has 0 saturated heterocycles. The normalized spacial score (nSPS) is 12.3. The van der Waals surface area contributed by atoms with Crippen LogP contribution in [0, 0.1) is 0 Å². The number of rotatable bonds is 5. The van der Waals surface area contributed by atoms with Crippen molar-refractivity contribution in [2.24, 2.45) is 7.05 Å². The first kappa shape index (κ1) is 14.3. The molecule has 0 bridgehead atoms. The lowest BCUT2D eigenvalue weighted by molar-refractivity contribution is 0.187. The minimum atomic E-state index is -0.710. The molecule has 0 saturated carbocycles. The molecular formula is C15H17N5O2. The molecule has 0 unspecified atom stereocenters. The van der Waals surface area contributed by atoms with Crippen LogP contribution in [-0.4, -0.2) is 38.5 Å². The number of anilines is 1. The van der Waals surface area contributed by atoms with Crippen molar-refractivity contribution in [2.45, 2.75) is 6.10 Å². The van der Waals surface area contributed by atoms with E-state index in [0.29, 0.717) is 18.1 Å². The molecule has 0 aliphatic heterocycles. The number of para-hydroxylation sites is 1. The second kappa shape index (κ2) is 5.98. The summed E-state index contributed by atoms with van der Waals surface area (Å²) < 4.78 is 6.94. The van der Waals surface area contributed by atoms with Crippen LogP contribution < -0.4 is 10.1 Å². The number of aliphatic hydroxyl groups excluding tert-OH is 1. The molecule has 3 aromatic rings. The van der Waals surface area contributed by atoms with Crippen LogP contribution in [0.15, 0.2) is 36.8 Å². The maximum absolute atomic E-state index is 10.4. The van der Waals surface area contributed by atoms with E-state index in [1.54, 1.807) is 18.0 Å². The van der Waals surface area contributed by atoms with E-state index >= 15 is 0 Å². The van der Waals surface area contributed by atoms with Crippen molar-refractivity contribution >= 4 is 16.9 Å². The molecule has 114 valence electrons. The van der Waals surface area contributed by atoms with Gasteiger partial charge in [-0.3, -0.25) is 4.68 Å². The Bertz CT molecular complexity index is 786. The van der Waals surface area contributed by atoms with E-state index in [-0.39, 0.29) is 0 Å². The molecule has 1 atom stereocenters. The Morgan fingerprint density at radius 2 is 2.14 bits per heavy atom. The van der Waals surface area contributed by atoms with Crippen LogP contribution in [0.5, 0.6) is 5.75 Å². The molecule has 1 aromatic carbocycles. The van der Waals surface area contributed by atoms with E-state index in [0.717, 1.165) is 16.6 Å². The Morgan fingerprint density at radius 1 is 1.32 bits per heavy atom. The molecule has 0 fully saturated rings. The number of aliphatic hydroxyl groups is 1. The molecule has 2 aromatic heterocycles. The van der Waals surface area contributed by atoms with Gasteiger partial charge in [0.1, 0.15) is 17.9 Å². The standard InChI is InChI=1S/C15H17N5O2/c1-20-15-11(7-19-20)14(17-9-18-15)16-8-12(21)10-5-3-4-6-13(10)22-2/h3-7,9,12,21H,8H2,1-2H3,(H,16,17,18)/t12-/m1/s1. The van der Waals surface area contributed by atoms with E-state index in [4.69, 9.17) is 4.74 Å².